The van der Waals surface area contributed by atoms with E-state index >= 15 is 0 Å². The number of carbonyl (C=O) groups excluding carboxylic acids is 1. The first-order valence-electron chi connectivity index (χ1n) is 8.30. The molecule has 0 aliphatic rings. The average Bonchev–Trinajstić information content (AvgIpc) is 3.15. The minimum atomic E-state index is -0.141. The van der Waals surface area contributed by atoms with Crippen molar-refractivity contribution in [3.8, 4) is 0 Å². The Balaban J connectivity index is 2.06. The molecule has 0 N–H and O–H groups in total. The van der Waals surface area contributed by atoms with Crippen molar-refractivity contribution in [1.82, 2.24) is 19.7 Å². The van der Waals surface area contributed by atoms with Crippen LogP contribution in [-0.2, 0) is 7.05 Å². The largest absolute Gasteiger partial charge is 0.308 e. The summed E-state index contributed by atoms with van der Waals surface area (Å²) in [5.74, 6) is -0.141. The van der Waals surface area contributed by atoms with E-state index in [1.807, 2.05) is 58.2 Å². The van der Waals surface area contributed by atoms with Gasteiger partial charge < -0.3 is 4.90 Å². The predicted octanol–water partition coefficient (Wildman–Crippen LogP) is 3.51. The number of fused-ring (bicyclic) bond motifs is 1. The summed E-state index contributed by atoms with van der Waals surface area (Å²) in [5, 5.41) is 5.64. The smallest absolute Gasteiger partial charge is 0.280 e. The number of aromatic nitrogens is 3. The van der Waals surface area contributed by atoms with Gasteiger partial charge in [0.25, 0.3) is 5.91 Å². The second-order valence-corrected chi connectivity index (χ2v) is 8.02. The van der Waals surface area contributed by atoms with Crippen LogP contribution in [0.25, 0.3) is 10.2 Å². The maximum atomic E-state index is 13.2. The third-order valence-corrected chi connectivity index (χ3v) is 5.69. The molecule has 0 fully saturated rings. The molecule has 0 aliphatic heterocycles. The summed E-state index contributed by atoms with van der Waals surface area (Å²) in [5.41, 5.74) is 3.19. The van der Waals surface area contributed by atoms with E-state index in [-0.39, 0.29) is 5.91 Å². The van der Waals surface area contributed by atoms with Crippen molar-refractivity contribution in [2.75, 3.05) is 32.1 Å². The first-order chi connectivity index (χ1) is 12.3. The Kier molecular flexibility index (Phi) is 5.32. The molecule has 26 heavy (non-hydrogen) atoms. The van der Waals surface area contributed by atoms with Gasteiger partial charge in [-0.3, -0.25) is 14.4 Å². The van der Waals surface area contributed by atoms with Crippen LogP contribution >= 0.6 is 22.9 Å². The van der Waals surface area contributed by atoms with Crippen molar-refractivity contribution in [3.63, 3.8) is 0 Å². The van der Waals surface area contributed by atoms with Crippen LogP contribution in [-0.4, -0.2) is 52.8 Å². The molecule has 0 saturated heterocycles. The van der Waals surface area contributed by atoms with Gasteiger partial charge in [-0.05, 0) is 39.6 Å². The zero-order chi connectivity index (χ0) is 19.0. The topological polar surface area (TPSA) is 54.3 Å². The molecule has 1 amide bonds. The fourth-order valence-corrected chi connectivity index (χ4v) is 4.08. The molecule has 0 radical (unpaired) electrons. The van der Waals surface area contributed by atoms with Crippen LogP contribution in [0.1, 0.15) is 21.6 Å². The van der Waals surface area contributed by atoms with Crippen molar-refractivity contribution in [2.45, 2.75) is 13.8 Å². The average molecular weight is 392 g/mol. The normalized spacial score (nSPS) is 11.5. The number of halogens is 1. The number of nitrogens with zero attached hydrogens (tertiary/aromatic N) is 5. The van der Waals surface area contributed by atoms with Crippen molar-refractivity contribution >= 4 is 44.2 Å². The lowest BCUT2D eigenvalue weighted by molar-refractivity contribution is 0.0979. The van der Waals surface area contributed by atoms with E-state index in [1.165, 1.54) is 11.3 Å². The fraction of sp³-hybridized carbons (Fsp3) is 0.389. The Labute approximate surface area is 162 Å². The van der Waals surface area contributed by atoms with E-state index in [9.17, 15) is 4.79 Å². The van der Waals surface area contributed by atoms with Gasteiger partial charge in [0.05, 0.1) is 15.2 Å². The summed E-state index contributed by atoms with van der Waals surface area (Å²) in [6.07, 6.45) is 1.84. The molecule has 2 aromatic heterocycles. The Morgan fingerprint density at radius 2 is 1.96 bits per heavy atom. The van der Waals surface area contributed by atoms with E-state index in [1.54, 1.807) is 9.58 Å². The summed E-state index contributed by atoms with van der Waals surface area (Å²) in [6.45, 7) is 5.14. The first-order valence-corrected chi connectivity index (χ1v) is 9.50. The SMILES string of the molecule is Cc1cn(C)nc1C(=O)N(CCN(C)C)c1nc2c(C)ccc(Cl)c2s1. The highest BCUT2D eigenvalue weighted by atomic mass is 35.5. The number of aryl methyl sites for hydroxylation is 3. The maximum Gasteiger partial charge on any atom is 0.280 e. The summed E-state index contributed by atoms with van der Waals surface area (Å²) < 4.78 is 2.56. The van der Waals surface area contributed by atoms with Crippen molar-refractivity contribution in [1.29, 1.82) is 0 Å². The third-order valence-electron chi connectivity index (χ3n) is 4.15. The maximum absolute atomic E-state index is 13.2. The van der Waals surface area contributed by atoms with E-state index < -0.39 is 0 Å². The Morgan fingerprint density at radius 1 is 1.23 bits per heavy atom. The zero-order valence-electron chi connectivity index (χ0n) is 15.6. The molecule has 2 heterocycles. The molecule has 138 valence electrons. The third kappa shape index (κ3) is 3.60. The van der Waals surface area contributed by atoms with Crippen LogP contribution in [0.2, 0.25) is 5.02 Å². The number of carbonyl (C=O) groups is 1. The summed E-state index contributed by atoms with van der Waals surface area (Å²) in [4.78, 5) is 21.7. The number of likely N-dealkylation sites (N-methyl/N-ethyl adjacent to an activating group) is 1. The predicted molar refractivity (Wildman–Crippen MR) is 108 cm³/mol. The van der Waals surface area contributed by atoms with Gasteiger partial charge in [0.15, 0.2) is 10.8 Å². The summed E-state index contributed by atoms with van der Waals surface area (Å²) in [7, 11) is 5.77. The molecule has 3 rings (SSSR count). The van der Waals surface area contributed by atoms with Gasteiger partial charge in [0.1, 0.15) is 0 Å². The van der Waals surface area contributed by atoms with E-state index in [0.29, 0.717) is 22.4 Å². The second-order valence-electron chi connectivity index (χ2n) is 6.63. The van der Waals surface area contributed by atoms with Crippen molar-refractivity contribution < 1.29 is 4.79 Å². The number of thiazole rings is 1. The van der Waals surface area contributed by atoms with Crippen LogP contribution in [0.5, 0.6) is 0 Å². The number of benzene rings is 1. The Bertz CT molecular complexity index is 923. The van der Waals surface area contributed by atoms with E-state index in [0.717, 1.165) is 27.9 Å². The molecular weight excluding hydrogens is 370 g/mol. The van der Waals surface area contributed by atoms with Crippen LogP contribution in [0.15, 0.2) is 18.3 Å². The van der Waals surface area contributed by atoms with Crippen molar-refractivity contribution in [2.24, 2.45) is 7.05 Å². The highest BCUT2D eigenvalue weighted by Gasteiger charge is 2.25. The molecule has 3 aromatic rings. The quantitative estimate of drug-likeness (QED) is 0.667. The molecule has 0 bridgehead atoms. The summed E-state index contributed by atoms with van der Waals surface area (Å²) >= 11 is 7.79. The van der Waals surface area contributed by atoms with E-state index in [4.69, 9.17) is 16.6 Å². The van der Waals surface area contributed by atoms with Gasteiger partial charge in [0.2, 0.25) is 0 Å². The highest BCUT2D eigenvalue weighted by Crippen LogP contribution is 2.36. The fourth-order valence-electron chi connectivity index (χ4n) is 2.74. The van der Waals surface area contributed by atoms with Gasteiger partial charge in [-0.1, -0.05) is 29.0 Å². The van der Waals surface area contributed by atoms with Crippen LogP contribution in [0.4, 0.5) is 5.13 Å². The molecule has 0 unspecified atom stereocenters. The van der Waals surface area contributed by atoms with Crippen LogP contribution in [0, 0.1) is 13.8 Å². The molecule has 1 aromatic carbocycles. The van der Waals surface area contributed by atoms with Gasteiger partial charge >= 0.3 is 0 Å². The second kappa shape index (κ2) is 7.34. The minimum Gasteiger partial charge on any atom is -0.308 e. The summed E-state index contributed by atoms with van der Waals surface area (Å²) in [6, 6.07) is 3.82. The molecular formula is C18H22ClN5OS. The van der Waals surface area contributed by atoms with E-state index in [2.05, 4.69) is 5.10 Å². The van der Waals surface area contributed by atoms with Gasteiger partial charge in [-0.25, -0.2) is 4.98 Å². The van der Waals surface area contributed by atoms with Gasteiger partial charge in [-0.15, -0.1) is 0 Å². The lowest BCUT2D eigenvalue weighted by Crippen LogP contribution is -2.37. The minimum absolute atomic E-state index is 0.141. The van der Waals surface area contributed by atoms with Crippen LogP contribution < -0.4 is 4.90 Å². The number of rotatable bonds is 5. The highest BCUT2D eigenvalue weighted by molar-refractivity contribution is 7.23. The molecule has 8 heteroatoms. The molecule has 0 atom stereocenters. The number of hydrogen-bond donors (Lipinski definition) is 0. The Morgan fingerprint density at radius 3 is 2.54 bits per heavy atom. The lowest BCUT2D eigenvalue weighted by Gasteiger charge is -2.21. The molecule has 6 nitrogen and oxygen atoms in total. The number of amides is 1. The number of anilines is 1. The van der Waals surface area contributed by atoms with Gasteiger partial charge in [-0.2, -0.15) is 5.10 Å². The standard InChI is InChI=1S/C18H22ClN5OS/c1-11-6-7-13(19)16-14(11)20-18(26-16)24(9-8-22(3)4)17(25)15-12(2)10-23(5)21-15/h6-7,10H,8-9H2,1-5H3. The monoisotopic (exact) mass is 391 g/mol. The molecule has 0 aliphatic carbocycles. The Hall–Kier alpha value is -1.96. The van der Waals surface area contributed by atoms with Crippen molar-refractivity contribution in [3.05, 3.63) is 40.2 Å². The number of hydrogen-bond acceptors (Lipinski definition) is 5. The zero-order valence-corrected chi connectivity index (χ0v) is 17.1. The van der Waals surface area contributed by atoms with Crippen LogP contribution in [0.3, 0.4) is 0 Å². The lowest BCUT2D eigenvalue weighted by atomic mass is 10.2. The molecule has 0 spiro atoms. The van der Waals surface area contributed by atoms with Gasteiger partial charge in [0, 0.05) is 31.9 Å². The molecule has 0 saturated carbocycles. The first kappa shape index (κ1) is 18.8.